The average Bonchev–Trinajstić information content (AvgIpc) is 2.39. The minimum atomic E-state index is -0.270. The lowest BCUT2D eigenvalue weighted by atomic mass is 10.1. The molecule has 0 bridgehead atoms. The first-order valence-corrected chi connectivity index (χ1v) is 7.75. The second kappa shape index (κ2) is 8.24. The molecule has 0 saturated carbocycles. The third kappa shape index (κ3) is 5.11. The molecule has 0 spiro atoms. The van der Waals surface area contributed by atoms with E-state index < -0.39 is 0 Å². The summed E-state index contributed by atoms with van der Waals surface area (Å²) in [6.07, 6.45) is 0.224. The van der Waals surface area contributed by atoms with E-state index in [1.54, 1.807) is 11.8 Å². The van der Waals surface area contributed by atoms with E-state index in [4.69, 9.17) is 4.74 Å². The lowest BCUT2D eigenvalue weighted by Gasteiger charge is -2.26. The Kier molecular flexibility index (Phi) is 6.98. The van der Waals surface area contributed by atoms with Gasteiger partial charge in [-0.2, -0.15) is 0 Å². The fraction of sp³-hybridized carbons (Fsp3) is 0.467. The maximum atomic E-state index is 12.4. The molecule has 1 amide bonds. The van der Waals surface area contributed by atoms with Crippen molar-refractivity contribution in [2.75, 3.05) is 13.2 Å². The number of ether oxygens (including phenoxy) is 1. The minimum absolute atomic E-state index is 0.0382. The maximum Gasteiger partial charge on any atom is 0.307 e. The van der Waals surface area contributed by atoms with Gasteiger partial charge in [-0.1, -0.05) is 0 Å². The number of hydrogen-bond donors (Lipinski definition) is 0. The van der Waals surface area contributed by atoms with E-state index in [0.717, 1.165) is 3.57 Å². The Morgan fingerprint density at radius 3 is 2.35 bits per heavy atom. The molecule has 0 aromatic heterocycles. The van der Waals surface area contributed by atoms with Gasteiger partial charge < -0.3 is 9.64 Å². The monoisotopic (exact) mass is 389 g/mol. The van der Waals surface area contributed by atoms with Crippen LogP contribution in [0.2, 0.25) is 0 Å². The van der Waals surface area contributed by atoms with Crippen LogP contribution in [0.3, 0.4) is 0 Å². The van der Waals surface area contributed by atoms with Crippen molar-refractivity contribution in [1.82, 2.24) is 4.90 Å². The van der Waals surface area contributed by atoms with Gasteiger partial charge in [-0.3, -0.25) is 9.59 Å². The van der Waals surface area contributed by atoms with Crippen molar-refractivity contribution >= 4 is 34.5 Å². The Balaban J connectivity index is 2.72. The van der Waals surface area contributed by atoms with E-state index in [-0.39, 0.29) is 24.3 Å². The third-order valence-electron chi connectivity index (χ3n) is 2.84. The largest absolute Gasteiger partial charge is 0.466 e. The molecule has 0 aliphatic heterocycles. The van der Waals surface area contributed by atoms with Gasteiger partial charge in [-0.25, -0.2) is 0 Å². The number of hydrogen-bond acceptors (Lipinski definition) is 3. The quantitative estimate of drug-likeness (QED) is 0.555. The van der Waals surface area contributed by atoms with E-state index in [1.807, 2.05) is 38.1 Å². The summed E-state index contributed by atoms with van der Waals surface area (Å²) in [4.78, 5) is 25.5. The number of carbonyl (C=O) groups is 2. The number of halogens is 1. The predicted molar refractivity (Wildman–Crippen MR) is 86.6 cm³/mol. The summed E-state index contributed by atoms with van der Waals surface area (Å²) in [6, 6.07) is 7.46. The normalized spacial score (nSPS) is 10.4. The van der Waals surface area contributed by atoms with Crippen LogP contribution in [0.5, 0.6) is 0 Å². The Morgan fingerprint density at radius 2 is 1.85 bits per heavy atom. The van der Waals surface area contributed by atoms with Crippen LogP contribution in [-0.4, -0.2) is 36.0 Å². The summed E-state index contributed by atoms with van der Waals surface area (Å²) in [5.74, 6) is -0.325. The molecule has 110 valence electrons. The number of nitrogens with zero attached hydrogens (tertiary/aromatic N) is 1. The van der Waals surface area contributed by atoms with Gasteiger partial charge in [0.05, 0.1) is 13.0 Å². The standard InChI is InChI=1S/C15H20INO3/c1-4-20-14(18)9-10-17(11(2)3)15(19)12-5-7-13(16)8-6-12/h5-8,11H,4,9-10H2,1-3H3. The Hall–Kier alpha value is -1.11. The zero-order valence-corrected chi connectivity index (χ0v) is 14.2. The predicted octanol–water partition coefficient (Wildman–Crippen LogP) is 3.10. The molecule has 0 heterocycles. The smallest absolute Gasteiger partial charge is 0.307 e. The summed E-state index contributed by atoms with van der Waals surface area (Å²) in [5.41, 5.74) is 0.642. The first kappa shape index (κ1) is 16.9. The summed E-state index contributed by atoms with van der Waals surface area (Å²) in [7, 11) is 0. The van der Waals surface area contributed by atoms with Gasteiger partial charge in [0, 0.05) is 21.7 Å². The van der Waals surface area contributed by atoms with Crippen LogP contribution in [0.4, 0.5) is 0 Å². The fourth-order valence-electron chi connectivity index (χ4n) is 1.80. The van der Waals surface area contributed by atoms with Gasteiger partial charge in [-0.15, -0.1) is 0 Å². The van der Waals surface area contributed by atoms with Gasteiger partial charge in [0.25, 0.3) is 5.91 Å². The van der Waals surface area contributed by atoms with Crippen LogP contribution in [0.25, 0.3) is 0 Å². The summed E-state index contributed by atoms with van der Waals surface area (Å²) in [6.45, 7) is 6.40. The third-order valence-corrected chi connectivity index (χ3v) is 3.56. The average molecular weight is 389 g/mol. The maximum absolute atomic E-state index is 12.4. The van der Waals surface area contributed by atoms with Gasteiger partial charge in [0.2, 0.25) is 0 Å². The zero-order valence-electron chi connectivity index (χ0n) is 12.1. The Labute approximate surface area is 133 Å². The summed E-state index contributed by atoms with van der Waals surface area (Å²) in [5, 5.41) is 0. The second-order valence-corrected chi connectivity index (χ2v) is 5.90. The van der Waals surface area contributed by atoms with Crippen molar-refractivity contribution in [3.05, 3.63) is 33.4 Å². The molecule has 0 N–H and O–H groups in total. The molecule has 0 saturated heterocycles. The molecule has 4 nitrogen and oxygen atoms in total. The number of benzene rings is 1. The van der Waals surface area contributed by atoms with Crippen molar-refractivity contribution in [3.63, 3.8) is 0 Å². The van der Waals surface area contributed by atoms with Crippen molar-refractivity contribution in [1.29, 1.82) is 0 Å². The highest BCUT2D eigenvalue weighted by atomic mass is 127. The van der Waals surface area contributed by atoms with Gasteiger partial charge in [-0.05, 0) is 67.6 Å². The van der Waals surface area contributed by atoms with Crippen LogP contribution in [0.1, 0.15) is 37.6 Å². The van der Waals surface area contributed by atoms with Crippen LogP contribution < -0.4 is 0 Å². The van der Waals surface area contributed by atoms with Crippen molar-refractivity contribution in [3.8, 4) is 0 Å². The first-order chi connectivity index (χ1) is 9.45. The molecule has 1 rings (SSSR count). The molecule has 0 radical (unpaired) electrons. The first-order valence-electron chi connectivity index (χ1n) is 6.67. The molecule has 0 fully saturated rings. The van der Waals surface area contributed by atoms with Crippen molar-refractivity contribution < 1.29 is 14.3 Å². The SMILES string of the molecule is CCOC(=O)CCN(C(=O)c1ccc(I)cc1)C(C)C. The van der Waals surface area contributed by atoms with Crippen LogP contribution in [-0.2, 0) is 9.53 Å². The molecule has 5 heteroatoms. The summed E-state index contributed by atoms with van der Waals surface area (Å²) < 4.78 is 5.98. The molecular weight excluding hydrogens is 369 g/mol. The molecule has 0 aliphatic rings. The van der Waals surface area contributed by atoms with E-state index >= 15 is 0 Å². The van der Waals surface area contributed by atoms with Gasteiger partial charge in [0.1, 0.15) is 0 Å². The molecular formula is C15H20INO3. The lowest BCUT2D eigenvalue weighted by Crippen LogP contribution is -2.38. The number of amides is 1. The van der Waals surface area contributed by atoms with E-state index in [1.165, 1.54) is 0 Å². The number of esters is 1. The van der Waals surface area contributed by atoms with E-state index in [0.29, 0.717) is 18.7 Å². The highest BCUT2D eigenvalue weighted by Crippen LogP contribution is 2.12. The van der Waals surface area contributed by atoms with Gasteiger partial charge >= 0.3 is 5.97 Å². The van der Waals surface area contributed by atoms with E-state index in [9.17, 15) is 9.59 Å². The topological polar surface area (TPSA) is 46.6 Å². The number of carbonyl (C=O) groups excluding carboxylic acids is 2. The molecule has 1 aromatic rings. The van der Waals surface area contributed by atoms with Crippen LogP contribution >= 0.6 is 22.6 Å². The second-order valence-electron chi connectivity index (χ2n) is 4.65. The van der Waals surface area contributed by atoms with Gasteiger partial charge in [0.15, 0.2) is 0 Å². The van der Waals surface area contributed by atoms with Crippen LogP contribution in [0, 0.1) is 3.57 Å². The molecule has 20 heavy (non-hydrogen) atoms. The van der Waals surface area contributed by atoms with E-state index in [2.05, 4.69) is 22.6 Å². The van der Waals surface area contributed by atoms with Crippen molar-refractivity contribution in [2.24, 2.45) is 0 Å². The lowest BCUT2D eigenvalue weighted by molar-refractivity contribution is -0.143. The molecule has 0 unspecified atom stereocenters. The Bertz CT molecular complexity index is 457. The highest BCUT2D eigenvalue weighted by molar-refractivity contribution is 14.1. The fourth-order valence-corrected chi connectivity index (χ4v) is 2.16. The molecule has 0 aliphatic carbocycles. The zero-order chi connectivity index (χ0) is 15.1. The Morgan fingerprint density at radius 1 is 1.25 bits per heavy atom. The molecule has 0 atom stereocenters. The number of rotatable bonds is 6. The van der Waals surface area contributed by atoms with Crippen molar-refractivity contribution in [2.45, 2.75) is 33.2 Å². The summed E-state index contributed by atoms with van der Waals surface area (Å²) >= 11 is 2.20. The highest BCUT2D eigenvalue weighted by Gasteiger charge is 2.19. The minimum Gasteiger partial charge on any atom is -0.466 e. The van der Waals surface area contributed by atoms with Crippen LogP contribution in [0.15, 0.2) is 24.3 Å². The molecule has 1 aromatic carbocycles.